The topological polar surface area (TPSA) is 73.0 Å². The highest BCUT2D eigenvalue weighted by atomic mass is 16.5. The SMILES string of the molecule is Cc1cc(C(=O)Nc2ccnn2CC(C)C)no1. The number of nitrogens with one attached hydrogen (secondary N) is 1. The van der Waals surface area contributed by atoms with Crippen LogP contribution in [-0.4, -0.2) is 20.8 Å². The summed E-state index contributed by atoms with van der Waals surface area (Å²) in [6.07, 6.45) is 1.66. The van der Waals surface area contributed by atoms with Crippen LogP contribution in [0.25, 0.3) is 0 Å². The molecule has 1 amide bonds. The number of carbonyl (C=O) groups is 1. The van der Waals surface area contributed by atoms with E-state index in [0.29, 0.717) is 17.5 Å². The minimum atomic E-state index is -0.294. The van der Waals surface area contributed by atoms with Gasteiger partial charge < -0.3 is 9.84 Å². The van der Waals surface area contributed by atoms with E-state index < -0.39 is 0 Å². The number of aromatic nitrogens is 3. The Morgan fingerprint density at radius 2 is 2.33 bits per heavy atom. The van der Waals surface area contributed by atoms with Gasteiger partial charge in [-0.05, 0) is 12.8 Å². The Morgan fingerprint density at radius 1 is 1.56 bits per heavy atom. The quantitative estimate of drug-likeness (QED) is 0.899. The molecule has 18 heavy (non-hydrogen) atoms. The average Bonchev–Trinajstić information content (AvgIpc) is 2.88. The Balaban J connectivity index is 2.10. The van der Waals surface area contributed by atoms with Crippen LogP contribution in [0.15, 0.2) is 22.9 Å². The van der Waals surface area contributed by atoms with E-state index in [4.69, 9.17) is 4.52 Å². The lowest BCUT2D eigenvalue weighted by molar-refractivity contribution is 0.101. The Hall–Kier alpha value is -2.11. The van der Waals surface area contributed by atoms with Gasteiger partial charge in [-0.15, -0.1) is 0 Å². The second kappa shape index (κ2) is 5.03. The molecule has 0 atom stereocenters. The van der Waals surface area contributed by atoms with Crippen molar-refractivity contribution in [3.63, 3.8) is 0 Å². The second-order valence-corrected chi connectivity index (χ2v) is 4.57. The van der Waals surface area contributed by atoms with Crippen molar-refractivity contribution in [1.82, 2.24) is 14.9 Å². The fraction of sp³-hybridized carbons (Fsp3) is 0.417. The molecule has 0 aliphatic rings. The monoisotopic (exact) mass is 248 g/mol. The van der Waals surface area contributed by atoms with Crippen LogP contribution in [0.4, 0.5) is 5.82 Å². The fourth-order valence-electron chi connectivity index (χ4n) is 1.58. The summed E-state index contributed by atoms with van der Waals surface area (Å²) in [5.74, 6) is 1.43. The number of hydrogen-bond donors (Lipinski definition) is 1. The third-order valence-corrected chi connectivity index (χ3v) is 2.36. The molecule has 0 saturated carbocycles. The van der Waals surface area contributed by atoms with E-state index in [1.54, 1.807) is 29.9 Å². The summed E-state index contributed by atoms with van der Waals surface area (Å²) in [6, 6.07) is 3.35. The summed E-state index contributed by atoms with van der Waals surface area (Å²) in [5, 5.41) is 10.6. The molecule has 0 aromatic carbocycles. The summed E-state index contributed by atoms with van der Waals surface area (Å²) < 4.78 is 6.63. The summed E-state index contributed by atoms with van der Waals surface area (Å²) >= 11 is 0. The average molecular weight is 248 g/mol. The predicted octanol–water partition coefficient (Wildman–Crippen LogP) is 2.09. The third kappa shape index (κ3) is 2.77. The lowest BCUT2D eigenvalue weighted by atomic mass is 10.2. The minimum Gasteiger partial charge on any atom is -0.361 e. The predicted molar refractivity (Wildman–Crippen MR) is 66.3 cm³/mol. The van der Waals surface area contributed by atoms with Crippen molar-refractivity contribution in [2.24, 2.45) is 5.92 Å². The smallest absolute Gasteiger partial charge is 0.278 e. The van der Waals surface area contributed by atoms with E-state index >= 15 is 0 Å². The molecule has 2 aromatic heterocycles. The molecular formula is C12H16N4O2. The van der Waals surface area contributed by atoms with Crippen LogP contribution in [0.5, 0.6) is 0 Å². The van der Waals surface area contributed by atoms with E-state index in [1.165, 1.54) is 0 Å². The number of anilines is 1. The van der Waals surface area contributed by atoms with Crippen LogP contribution in [0.1, 0.15) is 30.1 Å². The maximum Gasteiger partial charge on any atom is 0.278 e. The van der Waals surface area contributed by atoms with Crippen LogP contribution in [0, 0.1) is 12.8 Å². The first-order valence-electron chi connectivity index (χ1n) is 5.82. The molecule has 6 heteroatoms. The van der Waals surface area contributed by atoms with Gasteiger partial charge in [0.2, 0.25) is 0 Å². The lowest BCUT2D eigenvalue weighted by Crippen LogP contribution is -2.17. The molecule has 0 bridgehead atoms. The normalized spacial score (nSPS) is 10.9. The van der Waals surface area contributed by atoms with Gasteiger partial charge in [0.25, 0.3) is 5.91 Å². The number of hydrogen-bond acceptors (Lipinski definition) is 4. The molecule has 0 unspecified atom stereocenters. The van der Waals surface area contributed by atoms with Crippen LogP contribution < -0.4 is 5.32 Å². The van der Waals surface area contributed by atoms with Gasteiger partial charge in [0.15, 0.2) is 5.69 Å². The van der Waals surface area contributed by atoms with Crippen molar-refractivity contribution in [2.45, 2.75) is 27.3 Å². The Bertz CT molecular complexity index is 542. The molecule has 0 fully saturated rings. The molecule has 0 aliphatic heterocycles. The largest absolute Gasteiger partial charge is 0.361 e. The highest BCUT2D eigenvalue weighted by Crippen LogP contribution is 2.11. The van der Waals surface area contributed by atoms with Crippen molar-refractivity contribution in [3.8, 4) is 0 Å². The van der Waals surface area contributed by atoms with Crippen molar-refractivity contribution < 1.29 is 9.32 Å². The van der Waals surface area contributed by atoms with Gasteiger partial charge in [0.1, 0.15) is 11.6 Å². The Morgan fingerprint density at radius 3 is 2.94 bits per heavy atom. The Kier molecular flexibility index (Phi) is 3.45. The zero-order chi connectivity index (χ0) is 13.1. The standard InChI is InChI=1S/C12H16N4O2/c1-8(2)7-16-11(4-5-13-16)14-12(17)10-6-9(3)18-15-10/h4-6,8H,7H2,1-3H3,(H,14,17). The van der Waals surface area contributed by atoms with Gasteiger partial charge in [0.05, 0.1) is 6.20 Å². The van der Waals surface area contributed by atoms with Gasteiger partial charge in [-0.3, -0.25) is 4.79 Å². The summed E-state index contributed by atoms with van der Waals surface area (Å²) in [4.78, 5) is 11.9. The number of nitrogens with zero attached hydrogens (tertiary/aromatic N) is 3. The molecule has 2 rings (SSSR count). The van der Waals surface area contributed by atoms with E-state index in [-0.39, 0.29) is 11.6 Å². The molecule has 2 aromatic rings. The molecule has 2 heterocycles. The highest BCUT2D eigenvalue weighted by molar-refractivity contribution is 6.02. The van der Waals surface area contributed by atoms with Crippen LogP contribution >= 0.6 is 0 Å². The fourth-order valence-corrected chi connectivity index (χ4v) is 1.58. The molecule has 0 radical (unpaired) electrons. The number of amides is 1. The molecule has 0 spiro atoms. The summed E-state index contributed by atoms with van der Waals surface area (Å²) in [6.45, 7) is 6.68. The van der Waals surface area contributed by atoms with E-state index in [1.807, 2.05) is 0 Å². The third-order valence-electron chi connectivity index (χ3n) is 2.36. The first-order chi connectivity index (χ1) is 8.56. The number of carbonyl (C=O) groups excluding carboxylic acids is 1. The molecular weight excluding hydrogens is 232 g/mol. The van der Waals surface area contributed by atoms with E-state index in [9.17, 15) is 4.79 Å². The van der Waals surface area contributed by atoms with Gasteiger partial charge in [-0.2, -0.15) is 5.10 Å². The molecule has 96 valence electrons. The van der Waals surface area contributed by atoms with Crippen LogP contribution in [-0.2, 0) is 6.54 Å². The zero-order valence-corrected chi connectivity index (χ0v) is 10.7. The van der Waals surface area contributed by atoms with E-state index in [2.05, 4.69) is 29.4 Å². The van der Waals surface area contributed by atoms with Crippen molar-refractivity contribution >= 4 is 11.7 Å². The highest BCUT2D eigenvalue weighted by Gasteiger charge is 2.13. The first-order valence-corrected chi connectivity index (χ1v) is 5.82. The first kappa shape index (κ1) is 12.3. The minimum absolute atomic E-state index is 0.268. The van der Waals surface area contributed by atoms with Gasteiger partial charge in [-0.1, -0.05) is 19.0 Å². The number of rotatable bonds is 4. The van der Waals surface area contributed by atoms with E-state index in [0.717, 1.165) is 6.54 Å². The maximum atomic E-state index is 11.9. The molecule has 1 N–H and O–H groups in total. The van der Waals surface area contributed by atoms with Crippen molar-refractivity contribution in [1.29, 1.82) is 0 Å². The molecule has 0 saturated heterocycles. The summed E-state index contributed by atoms with van der Waals surface area (Å²) in [7, 11) is 0. The van der Waals surface area contributed by atoms with Crippen molar-refractivity contribution in [3.05, 3.63) is 29.8 Å². The maximum absolute atomic E-state index is 11.9. The van der Waals surface area contributed by atoms with Gasteiger partial charge >= 0.3 is 0 Å². The summed E-state index contributed by atoms with van der Waals surface area (Å²) in [5.41, 5.74) is 0.268. The molecule has 6 nitrogen and oxygen atoms in total. The zero-order valence-electron chi connectivity index (χ0n) is 10.7. The van der Waals surface area contributed by atoms with Crippen LogP contribution in [0.2, 0.25) is 0 Å². The van der Waals surface area contributed by atoms with Crippen molar-refractivity contribution in [2.75, 3.05) is 5.32 Å². The number of aryl methyl sites for hydroxylation is 1. The van der Waals surface area contributed by atoms with Gasteiger partial charge in [-0.25, -0.2) is 4.68 Å². The molecule has 0 aliphatic carbocycles. The lowest BCUT2D eigenvalue weighted by Gasteiger charge is -2.09. The second-order valence-electron chi connectivity index (χ2n) is 4.57. The van der Waals surface area contributed by atoms with Gasteiger partial charge in [0, 0.05) is 18.7 Å². The Labute approximate surface area is 105 Å². The van der Waals surface area contributed by atoms with Crippen LogP contribution in [0.3, 0.4) is 0 Å².